The van der Waals surface area contributed by atoms with Crippen molar-refractivity contribution in [3.8, 4) is 0 Å². The Bertz CT molecular complexity index is 853. The molecule has 0 bridgehead atoms. The molecule has 0 aliphatic carbocycles. The number of hydrogen-bond acceptors (Lipinski definition) is 4. The van der Waals surface area contributed by atoms with Crippen LogP contribution < -0.4 is 10.6 Å². The predicted octanol–water partition coefficient (Wildman–Crippen LogP) is 4.62. The molecule has 0 saturated heterocycles. The molecule has 2 aromatic rings. The molecule has 0 saturated carbocycles. The number of halogens is 3. The number of nitro groups is 1. The molecule has 0 spiro atoms. The van der Waals surface area contributed by atoms with Crippen molar-refractivity contribution in [1.82, 2.24) is 0 Å². The van der Waals surface area contributed by atoms with E-state index in [2.05, 4.69) is 10.6 Å². The van der Waals surface area contributed by atoms with Gasteiger partial charge in [-0.05, 0) is 37.1 Å². The molecule has 1 atom stereocenters. The summed E-state index contributed by atoms with van der Waals surface area (Å²) < 4.78 is 38.3. The van der Waals surface area contributed by atoms with Crippen LogP contribution >= 0.6 is 0 Å². The molecule has 0 aliphatic rings. The van der Waals surface area contributed by atoms with Crippen molar-refractivity contribution in [2.45, 2.75) is 32.5 Å². The first-order chi connectivity index (χ1) is 12.6. The Morgan fingerprint density at radius 2 is 1.85 bits per heavy atom. The molecule has 0 aromatic heterocycles. The number of benzene rings is 2. The van der Waals surface area contributed by atoms with Crippen LogP contribution in [0.4, 0.5) is 30.2 Å². The lowest BCUT2D eigenvalue weighted by molar-refractivity contribution is -0.384. The summed E-state index contributed by atoms with van der Waals surface area (Å²) in [4.78, 5) is 22.6. The zero-order chi connectivity index (χ0) is 20.2. The van der Waals surface area contributed by atoms with E-state index in [0.717, 1.165) is 17.7 Å². The van der Waals surface area contributed by atoms with Gasteiger partial charge in [0, 0.05) is 11.8 Å². The summed E-state index contributed by atoms with van der Waals surface area (Å²) in [6.07, 6.45) is -4.00. The van der Waals surface area contributed by atoms with Gasteiger partial charge in [-0.1, -0.05) is 25.1 Å². The van der Waals surface area contributed by atoms with Gasteiger partial charge in [0.05, 0.1) is 10.5 Å². The van der Waals surface area contributed by atoms with Gasteiger partial charge in [0.15, 0.2) is 0 Å². The van der Waals surface area contributed by atoms with Crippen LogP contribution in [0.2, 0.25) is 0 Å². The summed E-state index contributed by atoms with van der Waals surface area (Å²) in [5.41, 5.74) is -0.522. The van der Waals surface area contributed by atoms with Gasteiger partial charge in [0.25, 0.3) is 5.69 Å². The van der Waals surface area contributed by atoms with E-state index in [0.29, 0.717) is 18.2 Å². The van der Waals surface area contributed by atoms with Crippen molar-refractivity contribution in [2.75, 3.05) is 10.6 Å². The molecular formula is C18H18F3N3O3. The first-order valence-corrected chi connectivity index (χ1v) is 8.14. The number of para-hydroxylation sites is 1. The Morgan fingerprint density at radius 1 is 1.19 bits per heavy atom. The topological polar surface area (TPSA) is 84.3 Å². The number of aryl methyl sites for hydroxylation is 1. The lowest BCUT2D eigenvalue weighted by Crippen LogP contribution is -2.32. The third-order valence-corrected chi connectivity index (χ3v) is 3.94. The Kier molecular flexibility index (Phi) is 6.04. The molecule has 27 heavy (non-hydrogen) atoms. The fourth-order valence-electron chi connectivity index (χ4n) is 2.47. The molecule has 144 valence electrons. The number of hydrogen-bond donors (Lipinski definition) is 2. The van der Waals surface area contributed by atoms with E-state index in [4.69, 9.17) is 0 Å². The molecule has 0 radical (unpaired) electrons. The van der Waals surface area contributed by atoms with E-state index in [-0.39, 0.29) is 5.69 Å². The van der Waals surface area contributed by atoms with E-state index in [1.165, 1.54) is 6.92 Å². The quantitative estimate of drug-likeness (QED) is 0.565. The van der Waals surface area contributed by atoms with Crippen LogP contribution in [0, 0.1) is 10.1 Å². The maximum atomic E-state index is 12.8. The zero-order valence-corrected chi connectivity index (χ0v) is 14.6. The van der Waals surface area contributed by atoms with E-state index in [1.807, 2.05) is 19.1 Å². The lowest BCUT2D eigenvalue weighted by Gasteiger charge is -2.17. The van der Waals surface area contributed by atoms with Gasteiger partial charge >= 0.3 is 6.18 Å². The van der Waals surface area contributed by atoms with Crippen LogP contribution in [0.25, 0.3) is 0 Å². The highest BCUT2D eigenvalue weighted by atomic mass is 19.4. The number of rotatable bonds is 6. The van der Waals surface area contributed by atoms with Crippen molar-refractivity contribution in [1.29, 1.82) is 0 Å². The molecule has 2 aromatic carbocycles. The minimum Gasteiger partial charge on any atom is -0.368 e. The standard InChI is InChI=1S/C18H18F3N3O3/c1-3-12-6-4-5-7-14(12)23-17(25)11(2)22-15-9-8-13(18(19,20)21)10-16(15)24(26)27/h4-11,22H,3H2,1-2H3,(H,23,25)/t11-/m0/s1. The maximum absolute atomic E-state index is 12.8. The molecule has 6 nitrogen and oxygen atoms in total. The first kappa shape index (κ1) is 20.2. The monoisotopic (exact) mass is 381 g/mol. The maximum Gasteiger partial charge on any atom is 0.416 e. The summed E-state index contributed by atoms with van der Waals surface area (Å²) in [7, 11) is 0. The molecule has 2 rings (SSSR count). The number of nitrogens with one attached hydrogen (secondary N) is 2. The van der Waals surface area contributed by atoms with E-state index in [1.54, 1.807) is 12.1 Å². The van der Waals surface area contributed by atoms with Crippen LogP contribution in [0.5, 0.6) is 0 Å². The number of nitro benzene ring substituents is 1. The molecule has 0 fully saturated rings. The van der Waals surface area contributed by atoms with Gasteiger partial charge in [-0.15, -0.1) is 0 Å². The highest BCUT2D eigenvalue weighted by Crippen LogP contribution is 2.35. The lowest BCUT2D eigenvalue weighted by atomic mass is 10.1. The third-order valence-electron chi connectivity index (χ3n) is 3.94. The Morgan fingerprint density at radius 3 is 2.44 bits per heavy atom. The second-order valence-corrected chi connectivity index (χ2v) is 5.85. The largest absolute Gasteiger partial charge is 0.416 e. The van der Waals surface area contributed by atoms with Crippen molar-refractivity contribution in [3.05, 3.63) is 63.7 Å². The highest BCUT2D eigenvalue weighted by molar-refractivity contribution is 5.97. The first-order valence-electron chi connectivity index (χ1n) is 8.14. The van der Waals surface area contributed by atoms with Crippen LogP contribution in [0.1, 0.15) is 25.0 Å². The minimum absolute atomic E-state index is 0.167. The highest BCUT2D eigenvalue weighted by Gasteiger charge is 2.33. The Hall–Kier alpha value is -3.10. The third kappa shape index (κ3) is 4.96. The number of carbonyl (C=O) groups excluding carboxylic acids is 1. The van der Waals surface area contributed by atoms with Gasteiger partial charge in [-0.25, -0.2) is 0 Å². The average molecular weight is 381 g/mol. The molecule has 1 amide bonds. The average Bonchev–Trinajstić information content (AvgIpc) is 2.61. The van der Waals surface area contributed by atoms with Gasteiger partial charge in [0.1, 0.15) is 11.7 Å². The second kappa shape index (κ2) is 8.07. The summed E-state index contributed by atoms with van der Waals surface area (Å²) >= 11 is 0. The summed E-state index contributed by atoms with van der Waals surface area (Å²) in [5.74, 6) is -0.468. The van der Waals surface area contributed by atoms with Crippen molar-refractivity contribution < 1.29 is 22.9 Å². The fourth-order valence-corrected chi connectivity index (χ4v) is 2.47. The van der Waals surface area contributed by atoms with Crippen molar-refractivity contribution >= 4 is 23.0 Å². The molecule has 9 heteroatoms. The van der Waals surface area contributed by atoms with Gasteiger partial charge in [-0.3, -0.25) is 14.9 Å². The zero-order valence-electron chi connectivity index (χ0n) is 14.6. The summed E-state index contributed by atoms with van der Waals surface area (Å²) in [5, 5.41) is 16.4. The number of anilines is 2. The fraction of sp³-hybridized carbons (Fsp3) is 0.278. The number of amides is 1. The summed E-state index contributed by atoms with van der Waals surface area (Å²) in [6.45, 7) is 3.39. The smallest absolute Gasteiger partial charge is 0.368 e. The van der Waals surface area contributed by atoms with Gasteiger partial charge in [-0.2, -0.15) is 13.2 Å². The number of nitrogens with zero attached hydrogens (tertiary/aromatic N) is 1. The van der Waals surface area contributed by atoms with E-state index < -0.39 is 34.3 Å². The predicted molar refractivity (Wildman–Crippen MR) is 95.6 cm³/mol. The van der Waals surface area contributed by atoms with E-state index >= 15 is 0 Å². The summed E-state index contributed by atoms with van der Waals surface area (Å²) in [6, 6.07) is 8.38. The molecule has 0 unspecified atom stereocenters. The van der Waals surface area contributed by atoms with Crippen LogP contribution in [-0.2, 0) is 17.4 Å². The Balaban J connectivity index is 2.20. The SMILES string of the molecule is CCc1ccccc1NC(=O)[C@H](C)Nc1ccc(C(F)(F)F)cc1[N+](=O)[O-]. The van der Waals surface area contributed by atoms with Crippen molar-refractivity contribution in [2.24, 2.45) is 0 Å². The van der Waals surface area contributed by atoms with Crippen LogP contribution in [0.3, 0.4) is 0 Å². The normalized spacial score (nSPS) is 12.3. The molecule has 2 N–H and O–H groups in total. The van der Waals surface area contributed by atoms with Gasteiger partial charge in [0.2, 0.25) is 5.91 Å². The number of alkyl halides is 3. The molecular weight excluding hydrogens is 363 g/mol. The van der Waals surface area contributed by atoms with Crippen LogP contribution in [-0.4, -0.2) is 16.9 Å². The molecule has 0 heterocycles. The second-order valence-electron chi connectivity index (χ2n) is 5.85. The Labute approximate surface area is 153 Å². The van der Waals surface area contributed by atoms with Crippen molar-refractivity contribution in [3.63, 3.8) is 0 Å². The van der Waals surface area contributed by atoms with Gasteiger partial charge < -0.3 is 10.6 Å². The molecule has 0 aliphatic heterocycles. The van der Waals surface area contributed by atoms with E-state index in [9.17, 15) is 28.1 Å². The minimum atomic E-state index is -4.70. The number of carbonyl (C=O) groups is 1. The van der Waals surface area contributed by atoms with Crippen LogP contribution in [0.15, 0.2) is 42.5 Å².